The molecule has 0 aliphatic carbocycles. The van der Waals surface area contributed by atoms with Crippen LogP contribution in [0.1, 0.15) is 17.5 Å². The molecule has 31 heavy (non-hydrogen) atoms. The lowest BCUT2D eigenvalue weighted by Gasteiger charge is -2.14. The van der Waals surface area contributed by atoms with Crippen molar-refractivity contribution in [3.8, 4) is 11.3 Å². The summed E-state index contributed by atoms with van der Waals surface area (Å²) in [6.45, 7) is 0.0601. The summed E-state index contributed by atoms with van der Waals surface area (Å²) in [6.07, 6.45) is -5.45. The predicted octanol–water partition coefficient (Wildman–Crippen LogP) is 2.76. The summed E-state index contributed by atoms with van der Waals surface area (Å²) < 4.78 is 40.6. The molecule has 1 aliphatic rings. The summed E-state index contributed by atoms with van der Waals surface area (Å²) >= 11 is 0. The van der Waals surface area contributed by atoms with Crippen LogP contribution in [0.5, 0.6) is 0 Å². The fourth-order valence-corrected chi connectivity index (χ4v) is 3.87. The van der Waals surface area contributed by atoms with Crippen LogP contribution in [0.2, 0.25) is 0 Å². The van der Waals surface area contributed by atoms with Gasteiger partial charge in [0.2, 0.25) is 11.8 Å². The lowest BCUT2D eigenvalue weighted by atomic mass is 10.00. The van der Waals surface area contributed by atoms with Crippen LogP contribution >= 0.6 is 0 Å². The average Bonchev–Trinajstić information content (AvgIpc) is 3.27. The monoisotopic (exact) mass is 431 g/mol. The topological polar surface area (TPSA) is 94.2 Å². The SMILES string of the molecule is O=C(CCc1c(-c2ccccc2)[nH]c2c(C(F)(F)F)cccc12)N[C@@H]1C(=O)NC[C@H]1O. The van der Waals surface area contributed by atoms with Gasteiger partial charge in [0, 0.05) is 24.0 Å². The lowest BCUT2D eigenvalue weighted by Crippen LogP contribution is -2.45. The summed E-state index contributed by atoms with van der Waals surface area (Å²) in [5.41, 5.74) is 0.990. The largest absolute Gasteiger partial charge is 0.418 e. The van der Waals surface area contributed by atoms with E-state index >= 15 is 0 Å². The van der Waals surface area contributed by atoms with Gasteiger partial charge in [0.25, 0.3) is 0 Å². The second-order valence-electron chi connectivity index (χ2n) is 7.43. The Hall–Kier alpha value is -3.33. The smallest absolute Gasteiger partial charge is 0.389 e. The van der Waals surface area contributed by atoms with Crippen LogP contribution < -0.4 is 10.6 Å². The molecular weight excluding hydrogens is 411 g/mol. The number of carbonyl (C=O) groups excluding carboxylic acids is 2. The molecule has 1 aliphatic heterocycles. The minimum Gasteiger partial charge on any atom is -0.389 e. The van der Waals surface area contributed by atoms with Crippen molar-refractivity contribution in [1.82, 2.24) is 15.6 Å². The molecule has 6 nitrogen and oxygen atoms in total. The van der Waals surface area contributed by atoms with Crippen LogP contribution in [-0.4, -0.2) is 40.6 Å². The Morgan fingerprint density at radius 1 is 1.13 bits per heavy atom. The van der Waals surface area contributed by atoms with Crippen molar-refractivity contribution in [3.05, 3.63) is 59.7 Å². The number of carbonyl (C=O) groups is 2. The standard InChI is InChI=1S/C22H20F3N3O3/c23-22(24,25)15-8-4-7-13-14(18(28-19(13)15)12-5-2-1-3-6-12)9-10-17(30)27-20-16(29)11-26-21(20)31/h1-8,16,20,28-29H,9-11H2,(H,26,31)(H,27,30)/t16-,20+/m1/s1. The predicted molar refractivity (Wildman–Crippen MR) is 108 cm³/mol. The number of β-amino-alcohol motifs (C(OH)–C–C–N with tert-alkyl or cyclic N) is 1. The minimum atomic E-state index is -4.53. The van der Waals surface area contributed by atoms with Crippen molar-refractivity contribution in [3.63, 3.8) is 0 Å². The summed E-state index contributed by atoms with van der Waals surface area (Å²) in [4.78, 5) is 27.0. The highest BCUT2D eigenvalue weighted by atomic mass is 19.4. The van der Waals surface area contributed by atoms with Crippen molar-refractivity contribution in [2.24, 2.45) is 0 Å². The Labute approximate surface area is 175 Å². The molecule has 162 valence electrons. The highest BCUT2D eigenvalue weighted by Crippen LogP contribution is 2.39. The van der Waals surface area contributed by atoms with Crippen LogP contribution in [0.15, 0.2) is 48.5 Å². The summed E-state index contributed by atoms with van der Waals surface area (Å²) in [6, 6.07) is 11.8. The number of aliphatic hydroxyl groups excluding tert-OH is 1. The summed E-state index contributed by atoms with van der Waals surface area (Å²) in [5.74, 6) is -0.936. The third-order valence-corrected chi connectivity index (χ3v) is 5.38. The zero-order valence-electron chi connectivity index (χ0n) is 16.3. The molecule has 0 unspecified atom stereocenters. The molecule has 2 atom stereocenters. The third-order valence-electron chi connectivity index (χ3n) is 5.38. The average molecular weight is 431 g/mol. The molecule has 2 amide bonds. The zero-order valence-corrected chi connectivity index (χ0v) is 16.3. The number of para-hydroxylation sites is 1. The van der Waals surface area contributed by atoms with Crippen LogP contribution in [0.4, 0.5) is 13.2 Å². The number of benzene rings is 2. The van der Waals surface area contributed by atoms with Crippen LogP contribution in [0.25, 0.3) is 22.2 Å². The molecular formula is C22H20F3N3O3. The van der Waals surface area contributed by atoms with Crippen molar-refractivity contribution in [2.75, 3.05) is 6.54 Å². The molecule has 0 radical (unpaired) electrons. The number of H-pyrrole nitrogens is 1. The van der Waals surface area contributed by atoms with E-state index in [0.29, 0.717) is 22.2 Å². The number of aromatic amines is 1. The Kier molecular flexibility index (Phi) is 5.45. The van der Waals surface area contributed by atoms with Gasteiger partial charge in [-0.15, -0.1) is 0 Å². The van der Waals surface area contributed by atoms with E-state index in [1.54, 1.807) is 36.4 Å². The molecule has 1 saturated heterocycles. The van der Waals surface area contributed by atoms with Crippen molar-refractivity contribution in [1.29, 1.82) is 0 Å². The Bertz CT molecular complexity index is 1130. The first-order valence-corrected chi connectivity index (χ1v) is 9.77. The number of alkyl halides is 3. The number of hydrogen-bond acceptors (Lipinski definition) is 3. The first-order valence-electron chi connectivity index (χ1n) is 9.77. The molecule has 4 rings (SSSR count). The molecule has 0 saturated carbocycles. The van der Waals surface area contributed by atoms with Gasteiger partial charge < -0.3 is 20.7 Å². The van der Waals surface area contributed by atoms with E-state index in [2.05, 4.69) is 15.6 Å². The molecule has 0 bridgehead atoms. The molecule has 2 aromatic carbocycles. The summed E-state index contributed by atoms with van der Waals surface area (Å²) in [5, 5.41) is 15.1. The van der Waals surface area contributed by atoms with E-state index in [-0.39, 0.29) is 24.9 Å². The van der Waals surface area contributed by atoms with Gasteiger partial charge in [-0.3, -0.25) is 9.59 Å². The third kappa shape index (κ3) is 4.13. The maximum absolute atomic E-state index is 13.5. The quantitative estimate of drug-likeness (QED) is 0.501. The number of aliphatic hydroxyl groups is 1. The lowest BCUT2D eigenvalue weighted by molar-refractivity contribution is -0.136. The number of amides is 2. The van der Waals surface area contributed by atoms with Crippen LogP contribution in [0.3, 0.4) is 0 Å². The van der Waals surface area contributed by atoms with Gasteiger partial charge in [0.05, 0.1) is 11.1 Å². The van der Waals surface area contributed by atoms with E-state index in [9.17, 15) is 27.9 Å². The zero-order chi connectivity index (χ0) is 22.2. The van der Waals surface area contributed by atoms with E-state index < -0.39 is 35.7 Å². The van der Waals surface area contributed by atoms with Gasteiger partial charge >= 0.3 is 6.18 Å². The fourth-order valence-electron chi connectivity index (χ4n) is 3.87. The number of hydrogen-bond donors (Lipinski definition) is 4. The Morgan fingerprint density at radius 2 is 1.87 bits per heavy atom. The van der Waals surface area contributed by atoms with Gasteiger partial charge in [-0.05, 0) is 23.6 Å². The van der Waals surface area contributed by atoms with Gasteiger partial charge in [-0.1, -0.05) is 42.5 Å². The highest BCUT2D eigenvalue weighted by molar-refractivity contribution is 5.94. The fraction of sp³-hybridized carbons (Fsp3) is 0.273. The second kappa shape index (κ2) is 8.07. The van der Waals surface area contributed by atoms with Gasteiger partial charge in [0.15, 0.2) is 0 Å². The number of aromatic nitrogens is 1. The Balaban J connectivity index is 1.67. The maximum atomic E-state index is 13.5. The second-order valence-corrected chi connectivity index (χ2v) is 7.43. The molecule has 0 spiro atoms. The number of halogens is 3. The molecule has 9 heteroatoms. The van der Waals surface area contributed by atoms with Crippen LogP contribution in [-0.2, 0) is 22.2 Å². The van der Waals surface area contributed by atoms with Crippen molar-refractivity contribution >= 4 is 22.7 Å². The molecule has 1 fully saturated rings. The minimum absolute atomic E-state index is 0.0325. The molecule has 1 aromatic heterocycles. The first-order chi connectivity index (χ1) is 14.8. The van der Waals surface area contributed by atoms with E-state index in [1.807, 2.05) is 0 Å². The Morgan fingerprint density at radius 3 is 2.52 bits per heavy atom. The molecule has 3 aromatic rings. The maximum Gasteiger partial charge on any atom is 0.418 e. The molecule has 4 N–H and O–H groups in total. The number of rotatable bonds is 5. The first kappa shape index (κ1) is 20.9. The summed E-state index contributed by atoms with van der Waals surface area (Å²) in [7, 11) is 0. The number of fused-ring (bicyclic) bond motifs is 1. The number of nitrogens with one attached hydrogen (secondary N) is 3. The molecule has 2 heterocycles. The van der Waals surface area contributed by atoms with E-state index in [1.165, 1.54) is 6.07 Å². The van der Waals surface area contributed by atoms with Crippen molar-refractivity contribution in [2.45, 2.75) is 31.2 Å². The normalized spacial score (nSPS) is 18.9. The van der Waals surface area contributed by atoms with E-state index in [4.69, 9.17) is 0 Å². The van der Waals surface area contributed by atoms with E-state index in [0.717, 1.165) is 6.07 Å². The van der Waals surface area contributed by atoms with Crippen LogP contribution in [0, 0.1) is 0 Å². The van der Waals surface area contributed by atoms with Gasteiger partial charge in [-0.2, -0.15) is 13.2 Å². The van der Waals surface area contributed by atoms with Crippen molar-refractivity contribution < 1.29 is 27.9 Å². The number of aryl methyl sites for hydroxylation is 1. The van der Waals surface area contributed by atoms with Gasteiger partial charge in [-0.25, -0.2) is 0 Å². The van der Waals surface area contributed by atoms with Gasteiger partial charge in [0.1, 0.15) is 12.1 Å². The highest BCUT2D eigenvalue weighted by Gasteiger charge is 2.35.